The van der Waals surface area contributed by atoms with Gasteiger partial charge in [-0.25, -0.2) is 0 Å². The Kier molecular flexibility index (Phi) is 5.54. The van der Waals surface area contributed by atoms with Crippen molar-refractivity contribution in [3.05, 3.63) is 33.9 Å². The van der Waals surface area contributed by atoms with E-state index in [1.165, 1.54) is 6.07 Å². The van der Waals surface area contributed by atoms with Crippen LogP contribution in [0.15, 0.2) is 18.2 Å². The summed E-state index contributed by atoms with van der Waals surface area (Å²) in [6.07, 6.45) is 1.49. The number of nitrogens with zero attached hydrogens (tertiary/aromatic N) is 2. The Bertz CT molecular complexity index is 657. The average molecular weight is 333 g/mol. The van der Waals surface area contributed by atoms with Gasteiger partial charge in [-0.2, -0.15) is 0 Å². The van der Waals surface area contributed by atoms with E-state index in [1.807, 2.05) is 13.8 Å². The number of benzene rings is 1. The number of hydrogen-bond donors (Lipinski definition) is 1. The Labute approximate surface area is 141 Å². The summed E-state index contributed by atoms with van der Waals surface area (Å²) < 4.78 is 0. The molecule has 0 aliphatic carbocycles. The van der Waals surface area contributed by atoms with Gasteiger partial charge in [0.2, 0.25) is 11.8 Å². The summed E-state index contributed by atoms with van der Waals surface area (Å²) in [5.74, 6) is -0.527. The first-order valence-electron chi connectivity index (χ1n) is 8.14. The number of anilines is 1. The van der Waals surface area contributed by atoms with Crippen molar-refractivity contribution in [1.29, 1.82) is 0 Å². The third-order valence-corrected chi connectivity index (χ3v) is 4.27. The molecule has 7 nitrogen and oxygen atoms in total. The Morgan fingerprint density at radius 3 is 2.71 bits per heavy atom. The second-order valence-electron chi connectivity index (χ2n) is 6.53. The van der Waals surface area contributed by atoms with Crippen LogP contribution in [0.1, 0.15) is 32.3 Å². The summed E-state index contributed by atoms with van der Waals surface area (Å²) in [6.45, 7) is 6.42. The maximum absolute atomic E-state index is 12.5. The van der Waals surface area contributed by atoms with Crippen LogP contribution in [0.4, 0.5) is 11.4 Å². The number of aryl methyl sites for hydroxylation is 1. The Morgan fingerprint density at radius 1 is 1.38 bits per heavy atom. The molecule has 0 saturated carbocycles. The lowest BCUT2D eigenvalue weighted by molar-refractivity contribution is -0.385. The zero-order valence-electron chi connectivity index (χ0n) is 14.2. The number of nitro groups is 1. The van der Waals surface area contributed by atoms with Gasteiger partial charge in [-0.05, 0) is 25.8 Å². The highest BCUT2D eigenvalue weighted by molar-refractivity contribution is 5.93. The second-order valence-corrected chi connectivity index (χ2v) is 6.53. The maximum atomic E-state index is 12.5. The lowest BCUT2D eigenvalue weighted by atomic mass is 9.96. The van der Waals surface area contributed by atoms with Crippen molar-refractivity contribution in [2.45, 2.75) is 33.6 Å². The minimum Gasteiger partial charge on any atom is -0.342 e. The van der Waals surface area contributed by atoms with E-state index in [4.69, 9.17) is 0 Å². The van der Waals surface area contributed by atoms with Crippen LogP contribution in [0, 0.1) is 28.9 Å². The summed E-state index contributed by atoms with van der Waals surface area (Å²) in [6, 6.07) is 4.64. The van der Waals surface area contributed by atoms with E-state index < -0.39 is 4.92 Å². The fourth-order valence-electron chi connectivity index (χ4n) is 2.88. The predicted molar refractivity (Wildman–Crippen MR) is 90.6 cm³/mol. The highest BCUT2D eigenvalue weighted by atomic mass is 16.6. The van der Waals surface area contributed by atoms with Crippen molar-refractivity contribution >= 4 is 23.2 Å². The molecule has 1 saturated heterocycles. The van der Waals surface area contributed by atoms with Crippen LogP contribution in [-0.4, -0.2) is 34.7 Å². The van der Waals surface area contributed by atoms with Crippen molar-refractivity contribution in [3.8, 4) is 0 Å². The first-order chi connectivity index (χ1) is 11.3. The predicted octanol–water partition coefficient (Wildman–Crippen LogP) is 2.74. The topological polar surface area (TPSA) is 92.6 Å². The molecule has 0 unspecified atom stereocenters. The zero-order chi connectivity index (χ0) is 17.9. The molecule has 1 heterocycles. The summed E-state index contributed by atoms with van der Waals surface area (Å²) in [5.41, 5.74) is 0.932. The molecule has 1 aliphatic rings. The van der Waals surface area contributed by atoms with Gasteiger partial charge in [0.1, 0.15) is 0 Å². The molecule has 1 aromatic carbocycles. The minimum absolute atomic E-state index is 0.0203. The Hall–Kier alpha value is -2.44. The van der Waals surface area contributed by atoms with Gasteiger partial charge in [-0.3, -0.25) is 19.7 Å². The van der Waals surface area contributed by atoms with E-state index in [9.17, 15) is 19.7 Å². The molecular formula is C17H23N3O4. The SMILES string of the molecule is Cc1ccc(NC(=O)[C@H]2CCCN(C(=O)C(C)C)C2)cc1[N+](=O)[O-]. The van der Waals surface area contributed by atoms with Gasteiger partial charge in [0.25, 0.3) is 5.69 Å². The van der Waals surface area contributed by atoms with Gasteiger partial charge >= 0.3 is 0 Å². The van der Waals surface area contributed by atoms with Gasteiger partial charge in [0, 0.05) is 36.3 Å². The van der Waals surface area contributed by atoms with Gasteiger partial charge in [0.05, 0.1) is 10.8 Å². The smallest absolute Gasteiger partial charge is 0.274 e. The van der Waals surface area contributed by atoms with Gasteiger partial charge in [-0.15, -0.1) is 0 Å². The molecule has 0 radical (unpaired) electrons. The monoisotopic (exact) mass is 333 g/mol. The standard InChI is InChI=1S/C17H23N3O4/c1-11(2)17(22)19-8-4-5-13(10-19)16(21)18-14-7-6-12(3)15(9-14)20(23)24/h6-7,9,11,13H,4-5,8,10H2,1-3H3,(H,18,21)/t13-/m0/s1. The Balaban J connectivity index is 2.05. The molecule has 0 bridgehead atoms. The number of likely N-dealkylation sites (tertiary alicyclic amines) is 1. The molecule has 1 N–H and O–H groups in total. The first kappa shape index (κ1) is 17.9. The molecule has 0 spiro atoms. The molecule has 2 rings (SSSR count). The summed E-state index contributed by atoms with van der Waals surface area (Å²) >= 11 is 0. The molecule has 1 atom stereocenters. The van der Waals surface area contributed by atoms with E-state index in [0.717, 1.165) is 6.42 Å². The third-order valence-electron chi connectivity index (χ3n) is 4.27. The van der Waals surface area contributed by atoms with Gasteiger partial charge in [0.15, 0.2) is 0 Å². The maximum Gasteiger partial charge on any atom is 0.274 e. The number of carbonyl (C=O) groups is 2. The van der Waals surface area contributed by atoms with Crippen molar-refractivity contribution in [1.82, 2.24) is 4.90 Å². The van der Waals surface area contributed by atoms with Crippen LogP contribution in [-0.2, 0) is 9.59 Å². The number of nitro benzene ring substituents is 1. The van der Waals surface area contributed by atoms with Crippen LogP contribution >= 0.6 is 0 Å². The Morgan fingerprint density at radius 2 is 2.08 bits per heavy atom. The summed E-state index contributed by atoms with van der Waals surface area (Å²) in [5, 5.41) is 13.7. The number of nitrogens with one attached hydrogen (secondary N) is 1. The number of carbonyl (C=O) groups excluding carboxylic acids is 2. The molecule has 1 fully saturated rings. The quantitative estimate of drug-likeness (QED) is 0.677. The van der Waals surface area contributed by atoms with Crippen LogP contribution in [0.2, 0.25) is 0 Å². The van der Waals surface area contributed by atoms with Gasteiger partial charge in [-0.1, -0.05) is 19.9 Å². The number of hydrogen-bond acceptors (Lipinski definition) is 4. The van der Waals surface area contributed by atoms with E-state index in [1.54, 1.807) is 24.0 Å². The van der Waals surface area contributed by atoms with Crippen molar-refractivity contribution < 1.29 is 14.5 Å². The largest absolute Gasteiger partial charge is 0.342 e. The van der Waals surface area contributed by atoms with Crippen LogP contribution in [0.3, 0.4) is 0 Å². The highest BCUT2D eigenvalue weighted by Gasteiger charge is 2.29. The fourth-order valence-corrected chi connectivity index (χ4v) is 2.88. The molecule has 24 heavy (non-hydrogen) atoms. The van der Waals surface area contributed by atoms with Gasteiger partial charge < -0.3 is 10.2 Å². The second kappa shape index (κ2) is 7.42. The molecular weight excluding hydrogens is 310 g/mol. The zero-order valence-corrected chi connectivity index (χ0v) is 14.2. The highest BCUT2D eigenvalue weighted by Crippen LogP contribution is 2.24. The molecule has 130 valence electrons. The number of rotatable bonds is 4. The minimum atomic E-state index is -0.464. The molecule has 7 heteroatoms. The molecule has 1 aromatic rings. The molecule has 1 aliphatic heterocycles. The van der Waals surface area contributed by atoms with Crippen LogP contribution < -0.4 is 5.32 Å². The fraction of sp³-hybridized carbons (Fsp3) is 0.529. The van der Waals surface area contributed by atoms with E-state index in [2.05, 4.69) is 5.32 Å². The summed E-state index contributed by atoms with van der Waals surface area (Å²) in [7, 11) is 0. The van der Waals surface area contributed by atoms with E-state index in [-0.39, 0.29) is 29.3 Å². The van der Waals surface area contributed by atoms with Crippen molar-refractivity contribution in [2.24, 2.45) is 11.8 Å². The van der Waals surface area contributed by atoms with Crippen LogP contribution in [0.25, 0.3) is 0 Å². The molecule has 2 amide bonds. The number of amides is 2. The lowest BCUT2D eigenvalue weighted by Crippen LogP contribution is -2.45. The lowest BCUT2D eigenvalue weighted by Gasteiger charge is -2.33. The first-order valence-corrected chi connectivity index (χ1v) is 8.14. The van der Waals surface area contributed by atoms with E-state index in [0.29, 0.717) is 30.8 Å². The van der Waals surface area contributed by atoms with Crippen molar-refractivity contribution in [3.63, 3.8) is 0 Å². The third kappa shape index (κ3) is 4.10. The van der Waals surface area contributed by atoms with E-state index >= 15 is 0 Å². The molecule has 0 aromatic heterocycles. The van der Waals surface area contributed by atoms with Crippen LogP contribution in [0.5, 0.6) is 0 Å². The van der Waals surface area contributed by atoms with Crippen molar-refractivity contribution in [2.75, 3.05) is 18.4 Å². The summed E-state index contributed by atoms with van der Waals surface area (Å²) in [4.78, 5) is 36.8. The number of piperidine rings is 1. The average Bonchev–Trinajstić information content (AvgIpc) is 2.55. The normalized spacial score (nSPS) is 17.7.